The van der Waals surface area contributed by atoms with Gasteiger partial charge in [-0.15, -0.1) is 0 Å². The zero-order chi connectivity index (χ0) is 19.7. The van der Waals surface area contributed by atoms with E-state index in [1.54, 1.807) is 48.7 Å². The Bertz CT molecular complexity index is 1330. The molecule has 0 fully saturated rings. The molecule has 140 valence electrons. The van der Waals surface area contributed by atoms with Crippen LogP contribution in [0.5, 0.6) is 0 Å². The molecule has 0 aliphatic rings. The molecule has 0 unspecified atom stereocenters. The van der Waals surface area contributed by atoms with Gasteiger partial charge in [0, 0.05) is 22.1 Å². The van der Waals surface area contributed by atoms with Crippen molar-refractivity contribution in [2.24, 2.45) is 0 Å². The fourth-order valence-corrected chi connectivity index (χ4v) is 5.31. The molecule has 4 aromatic rings. The van der Waals surface area contributed by atoms with Crippen molar-refractivity contribution >= 4 is 36.8 Å². The molecule has 0 N–H and O–H groups in total. The summed E-state index contributed by atoms with van der Waals surface area (Å²) in [6.07, 6.45) is 1.55. The zero-order valence-electron chi connectivity index (χ0n) is 14.6. The largest absolute Gasteiger partial charge is 0.269 e. The van der Waals surface area contributed by atoms with E-state index in [9.17, 15) is 13.2 Å². The van der Waals surface area contributed by atoms with Crippen LogP contribution in [0.4, 0.5) is 0 Å². The Morgan fingerprint density at radius 3 is 2.39 bits per heavy atom. The standard InChI is InChI=1S/C21H15BrN2O3S/c22-18-11-5-4-7-15(18)14-28(26,27)19-13-20(25)24(16-8-2-1-3-9-16)21-17(19)10-6-12-23-21/h1-13H,14H2. The summed E-state index contributed by atoms with van der Waals surface area (Å²) in [5.41, 5.74) is 1.13. The van der Waals surface area contributed by atoms with Crippen molar-refractivity contribution in [3.05, 3.63) is 99.4 Å². The number of fused-ring (bicyclic) bond motifs is 1. The number of hydrogen-bond acceptors (Lipinski definition) is 4. The maximum absolute atomic E-state index is 13.2. The molecule has 0 saturated heterocycles. The first-order valence-electron chi connectivity index (χ1n) is 8.50. The minimum Gasteiger partial charge on any atom is -0.269 e. The third kappa shape index (κ3) is 3.39. The second-order valence-corrected chi connectivity index (χ2v) is 9.06. The number of aromatic nitrogens is 2. The fourth-order valence-electron chi connectivity index (χ4n) is 3.11. The predicted molar refractivity (Wildman–Crippen MR) is 112 cm³/mol. The van der Waals surface area contributed by atoms with Crippen LogP contribution >= 0.6 is 15.9 Å². The van der Waals surface area contributed by atoms with Crippen LogP contribution in [0.1, 0.15) is 5.56 Å². The summed E-state index contributed by atoms with van der Waals surface area (Å²) in [5.74, 6) is -0.215. The van der Waals surface area contributed by atoms with Gasteiger partial charge in [0.25, 0.3) is 5.56 Å². The number of benzene rings is 2. The topological polar surface area (TPSA) is 69.0 Å². The molecule has 0 amide bonds. The Hall–Kier alpha value is -2.77. The highest BCUT2D eigenvalue weighted by molar-refractivity contribution is 9.10. The first kappa shape index (κ1) is 18.6. The lowest BCUT2D eigenvalue weighted by atomic mass is 10.2. The predicted octanol–water partition coefficient (Wildman–Crippen LogP) is 4.12. The Balaban J connectivity index is 1.95. The van der Waals surface area contributed by atoms with Crippen LogP contribution < -0.4 is 5.56 Å². The van der Waals surface area contributed by atoms with Crippen LogP contribution in [0, 0.1) is 0 Å². The molecule has 2 aromatic carbocycles. The second-order valence-electron chi connectivity index (χ2n) is 6.24. The van der Waals surface area contributed by atoms with E-state index in [0.29, 0.717) is 26.8 Å². The van der Waals surface area contributed by atoms with Crippen LogP contribution in [0.2, 0.25) is 0 Å². The van der Waals surface area contributed by atoms with Crippen molar-refractivity contribution in [2.45, 2.75) is 10.6 Å². The van der Waals surface area contributed by atoms with Gasteiger partial charge >= 0.3 is 0 Å². The van der Waals surface area contributed by atoms with Gasteiger partial charge in [-0.25, -0.2) is 13.4 Å². The number of halogens is 1. The van der Waals surface area contributed by atoms with Crippen LogP contribution in [0.25, 0.3) is 16.7 Å². The van der Waals surface area contributed by atoms with Gasteiger partial charge in [0.15, 0.2) is 9.84 Å². The molecular weight excluding hydrogens is 440 g/mol. The summed E-state index contributed by atoms with van der Waals surface area (Å²) in [5, 5.41) is 0.415. The molecular formula is C21H15BrN2O3S. The van der Waals surface area contributed by atoms with Gasteiger partial charge < -0.3 is 0 Å². The van der Waals surface area contributed by atoms with E-state index < -0.39 is 15.4 Å². The number of sulfone groups is 1. The fraction of sp³-hybridized carbons (Fsp3) is 0.0476. The minimum atomic E-state index is -3.77. The van der Waals surface area contributed by atoms with E-state index in [1.807, 2.05) is 24.3 Å². The molecule has 0 aliphatic heterocycles. The third-order valence-corrected chi connectivity index (χ3v) is 6.86. The average molecular weight is 455 g/mol. The maximum Gasteiger partial charge on any atom is 0.258 e. The smallest absolute Gasteiger partial charge is 0.258 e. The van der Waals surface area contributed by atoms with E-state index in [-0.39, 0.29) is 10.6 Å². The van der Waals surface area contributed by atoms with E-state index >= 15 is 0 Å². The summed E-state index contributed by atoms with van der Waals surface area (Å²) >= 11 is 3.39. The molecule has 0 radical (unpaired) electrons. The Morgan fingerprint density at radius 2 is 1.64 bits per heavy atom. The minimum absolute atomic E-state index is 0.0106. The van der Waals surface area contributed by atoms with Crippen molar-refractivity contribution < 1.29 is 8.42 Å². The third-order valence-electron chi connectivity index (χ3n) is 4.39. The molecule has 0 atom stereocenters. The van der Waals surface area contributed by atoms with Crippen molar-refractivity contribution in [2.75, 3.05) is 0 Å². The molecule has 0 aliphatic carbocycles. The van der Waals surface area contributed by atoms with E-state index in [0.717, 1.165) is 0 Å². The van der Waals surface area contributed by atoms with Crippen molar-refractivity contribution in [3.8, 4) is 5.69 Å². The van der Waals surface area contributed by atoms with Gasteiger partial charge in [0.05, 0.1) is 16.3 Å². The summed E-state index contributed by atoms with van der Waals surface area (Å²) in [4.78, 5) is 17.2. The lowest BCUT2D eigenvalue weighted by Crippen LogP contribution is -2.21. The van der Waals surface area contributed by atoms with Gasteiger partial charge in [-0.05, 0) is 35.9 Å². The van der Waals surface area contributed by atoms with Crippen LogP contribution in [-0.4, -0.2) is 18.0 Å². The molecule has 7 heteroatoms. The van der Waals surface area contributed by atoms with Crippen LogP contribution in [-0.2, 0) is 15.6 Å². The van der Waals surface area contributed by atoms with E-state index in [4.69, 9.17) is 0 Å². The lowest BCUT2D eigenvalue weighted by Gasteiger charge is -2.13. The molecule has 2 heterocycles. The quantitative estimate of drug-likeness (QED) is 0.464. The molecule has 28 heavy (non-hydrogen) atoms. The van der Waals surface area contributed by atoms with E-state index in [2.05, 4.69) is 20.9 Å². The maximum atomic E-state index is 13.2. The molecule has 0 spiro atoms. The zero-order valence-corrected chi connectivity index (χ0v) is 17.0. The Morgan fingerprint density at radius 1 is 0.929 bits per heavy atom. The lowest BCUT2D eigenvalue weighted by molar-refractivity contribution is 0.595. The number of para-hydroxylation sites is 1. The van der Waals surface area contributed by atoms with E-state index in [1.165, 1.54) is 10.6 Å². The normalized spacial score (nSPS) is 11.6. The molecule has 5 nitrogen and oxygen atoms in total. The number of pyridine rings is 2. The first-order valence-corrected chi connectivity index (χ1v) is 10.9. The van der Waals surface area contributed by atoms with Gasteiger partial charge in [-0.2, -0.15) is 0 Å². The molecule has 0 bridgehead atoms. The number of nitrogens with zero attached hydrogens (tertiary/aromatic N) is 2. The molecule has 4 rings (SSSR count). The van der Waals surface area contributed by atoms with Gasteiger partial charge in [0.1, 0.15) is 5.65 Å². The van der Waals surface area contributed by atoms with Crippen molar-refractivity contribution in [1.82, 2.24) is 9.55 Å². The highest BCUT2D eigenvalue weighted by Gasteiger charge is 2.23. The highest BCUT2D eigenvalue weighted by atomic mass is 79.9. The average Bonchev–Trinajstić information content (AvgIpc) is 2.69. The number of hydrogen-bond donors (Lipinski definition) is 0. The monoisotopic (exact) mass is 454 g/mol. The summed E-state index contributed by atoms with van der Waals surface area (Å²) in [6, 6.07) is 20.7. The van der Waals surface area contributed by atoms with Crippen molar-refractivity contribution in [1.29, 1.82) is 0 Å². The molecule has 2 aromatic heterocycles. The summed E-state index contributed by atoms with van der Waals surface area (Å²) < 4.78 is 28.5. The van der Waals surface area contributed by atoms with Crippen LogP contribution in [0.3, 0.4) is 0 Å². The van der Waals surface area contributed by atoms with Crippen molar-refractivity contribution in [3.63, 3.8) is 0 Å². The first-order chi connectivity index (χ1) is 13.5. The van der Waals surface area contributed by atoms with Gasteiger partial charge in [-0.1, -0.05) is 52.3 Å². The summed E-state index contributed by atoms with van der Waals surface area (Å²) in [7, 11) is -3.77. The Kier molecular flexibility index (Phi) is 4.87. The van der Waals surface area contributed by atoms with Gasteiger partial charge in [0.2, 0.25) is 0 Å². The highest BCUT2D eigenvalue weighted by Crippen LogP contribution is 2.27. The SMILES string of the molecule is O=c1cc(S(=O)(=O)Cc2ccccc2Br)c2cccnc2n1-c1ccccc1. The summed E-state index contributed by atoms with van der Waals surface area (Å²) in [6.45, 7) is 0. The van der Waals surface area contributed by atoms with Crippen LogP contribution in [0.15, 0.2) is 93.2 Å². The Labute approximate surface area is 170 Å². The second kappa shape index (κ2) is 7.33. The number of rotatable bonds is 4. The van der Waals surface area contributed by atoms with Gasteiger partial charge in [-0.3, -0.25) is 9.36 Å². The molecule has 0 saturated carbocycles.